The van der Waals surface area contributed by atoms with Crippen molar-refractivity contribution in [2.24, 2.45) is 5.92 Å². The minimum absolute atomic E-state index is 0.142. The molecule has 0 aromatic heterocycles. The molecule has 2 amide bonds. The van der Waals surface area contributed by atoms with Gasteiger partial charge in [0.1, 0.15) is 12.4 Å². The monoisotopic (exact) mass is 451 g/mol. The van der Waals surface area contributed by atoms with Crippen LogP contribution in [-0.2, 0) is 22.7 Å². The summed E-state index contributed by atoms with van der Waals surface area (Å²) in [5.74, 6) is -1.07. The van der Waals surface area contributed by atoms with E-state index in [0.717, 1.165) is 5.56 Å². The van der Waals surface area contributed by atoms with Gasteiger partial charge in [-0.1, -0.05) is 56.0 Å². The van der Waals surface area contributed by atoms with Crippen LogP contribution in [0.3, 0.4) is 0 Å². The van der Waals surface area contributed by atoms with Crippen LogP contribution in [0.2, 0.25) is 0 Å². The summed E-state index contributed by atoms with van der Waals surface area (Å²) >= 11 is 0. The van der Waals surface area contributed by atoms with Crippen molar-refractivity contribution >= 4 is 17.7 Å². The van der Waals surface area contributed by atoms with Gasteiger partial charge in [0.25, 0.3) is 0 Å². The largest absolute Gasteiger partial charge is 0.445 e. The first-order valence-corrected chi connectivity index (χ1v) is 10.6. The van der Waals surface area contributed by atoms with E-state index in [-0.39, 0.29) is 19.1 Å². The molecule has 0 heterocycles. The lowest BCUT2D eigenvalue weighted by Gasteiger charge is -2.22. The highest BCUT2D eigenvalue weighted by Gasteiger charge is 2.17. The summed E-state index contributed by atoms with van der Waals surface area (Å²) in [5, 5.41) is 8.63. The van der Waals surface area contributed by atoms with Crippen molar-refractivity contribution in [1.82, 2.24) is 10.6 Å². The van der Waals surface area contributed by atoms with E-state index in [0.29, 0.717) is 23.4 Å². The van der Waals surface area contributed by atoms with Gasteiger partial charge in [0.2, 0.25) is 5.91 Å². The third-order valence-electron chi connectivity index (χ3n) is 4.93. The normalized spacial score (nSPS) is 12.1. The van der Waals surface area contributed by atoms with Crippen LogP contribution in [0.1, 0.15) is 24.5 Å². The van der Waals surface area contributed by atoms with Crippen molar-refractivity contribution in [3.05, 3.63) is 103 Å². The second-order valence-electron chi connectivity index (χ2n) is 7.48. The van der Waals surface area contributed by atoms with E-state index >= 15 is 0 Å². The molecule has 6 nitrogen and oxygen atoms in total. The molecule has 3 N–H and O–H groups in total. The lowest BCUT2D eigenvalue weighted by atomic mass is 10.1. The van der Waals surface area contributed by atoms with E-state index in [4.69, 9.17) is 4.74 Å². The molecule has 0 bridgehead atoms. The fourth-order valence-corrected chi connectivity index (χ4v) is 2.88. The first-order chi connectivity index (χ1) is 15.8. The predicted molar refractivity (Wildman–Crippen MR) is 129 cm³/mol. The molecule has 2 atom stereocenters. The molecule has 2 aromatic rings. The molecule has 0 aliphatic carbocycles. The Labute approximate surface area is 194 Å². The van der Waals surface area contributed by atoms with Gasteiger partial charge in [-0.3, -0.25) is 4.79 Å². The number of benzene rings is 2. The van der Waals surface area contributed by atoms with Crippen LogP contribution in [-0.4, -0.2) is 18.0 Å². The van der Waals surface area contributed by atoms with Crippen LogP contribution in [0.4, 0.5) is 14.9 Å². The number of hydrogen-bond acceptors (Lipinski definition) is 4. The second kappa shape index (κ2) is 12.9. The zero-order chi connectivity index (χ0) is 24.2. The van der Waals surface area contributed by atoms with Crippen molar-refractivity contribution in [3.63, 3.8) is 0 Å². The Kier molecular flexibility index (Phi) is 9.89. The third kappa shape index (κ3) is 8.29. The summed E-state index contributed by atoms with van der Waals surface area (Å²) < 4.78 is 19.1. The van der Waals surface area contributed by atoms with Gasteiger partial charge in [-0.25, -0.2) is 9.18 Å². The number of anilines is 1. The van der Waals surface area contributed by atoms with E-state index in [1.54, 1.807) is 13.0 Å². The van der Waals surface area contributed by atoms with Gasteiger partial charge in [0.15, 0.2) is 0 Å². The highest BCUT2D eigenvalue weighted by Crippen LogP contribution is 2.19. The lowest BCUT2D eigenvalue weighted by Crippen LogP contribution is -2.40. The number of ether oxygens (including phenoxy) is 1. The van der Waals surface area contributed by atoms with Gasteiger partial charge in [-0.05, 0) is 35.7 Å². The fraction of sp³-hybridized carbons (Fsp3) is 0.231. The summed E-state index contributed by atoms with van der Waals surface area (Å²) in [5.41, 5.74) is 2.37. The molecule has 2 rings (SSSR count). The van der Waals surface area contributed by atoms with Crippen LogP contribution in [0.25, 0.3) is 0 Å². The van der Waals surface area contributed by atoms with Gasteiger partial charge in [-0.2, -0.15) is 0 Å². The van der Waals surface area contributed by atoms with E-state index < -0.39 is 23.9 Å². The smallest absolute Gasteiger partial charge is 0.408 e. The van der Waals surface area contributed by atoms with Crippen molar-refractivity contribution < 1.29 is 18.7 Å². The molecule has 0 fully saturated rings. The van der Waals surface area contributed by atoms with Gasteiger partial charge in [0, 0.05) is 17.9 Å². The Balaban J connectivity index is 1.99. The molecule has 0 saturated heterocycles. The van der Waals surface area contributed by atoms with Crippen LogP contribution in [0, 0.1) is 11.7 Å². The molecule has 7 heteroatoms. The zero-order valence-corrected chi connectivity index (χ0v) is 18.8. The molecule has 174 valence electrons. The van der Waals surface area contributed by atoms with Gasteiger partial charge < -0.3 is 20.7 Å². The molecule has 0 aliphatic rings. The van der Waals surface area contributed by atoms with E-state index in [9.17, 15) is 14.0 Å². The number of alkyl carbamates (subject to hydrolysis) is 1. The summed E-state index contributed by atoms with van der Waals surface area (Å²) in [7, 11) is 0. The van der Waals surface area contributed by atoms with Gasteiger partial charge in [0.05, 0.1) is 12.0 Å². The van der Waals surface area contributed by atoms with Gasteiger partial charge in [-0.15, -0.1) is 13.2 Å². The highest BCUT2D eigenvalue weighted by atomic mass is 19.1. The van der Waals surface area contributed by atoms with Crippen molar-refractivity contribution in [3.8, 4) is 0 Å². The maximum Gasteiger partial charge on any atom is 0.408 e. The number of amides is 2. The van der Waals surface area contributed by atoms with Crippen LogP contribution < -0.4 is 16.0 Å². The van der Waals surface area contributed by atoms with E-state index in [2.05, 4.69) is 35.7 Å². The van der Waals surface area contributed by atoms with Crippen molar-refractivity contribution in [2.75, 3.05) is 5.32 Å². The molecule has 0 saturated carbocycles. The first-order valence-electron chi connectivity index (χ1n) is 10.6. The Bertz CT molecular complexity index is 992. The highest BCUT2D eigenvalue weighted by molar-refractivity contribution is 5.94. The predicted octanol–water partition coefficient (Wildman–Crippen LogP) is 5.06. The molecular weight excluding hydrogens is 421 g/mol. The molecule has 0 spiro atoms. The summed E-state index contributed by atoms with van der Waals surface area (Å²) in [6, 6.07) is 13.0. The Hall–Kier alpha value is -3.87. The Morgan fingerprint density at radius 2 is 1.88 bits per heavy atom. The number of nitrogens with one attached hydrogen (secondary N) is 3. The summed E-state index contributed by atoms with van der Waals surface area (Å²) in [4.78, 5) is 24.5. The van der Waals surface area contributed by atoms with E-state index in [1.165, 1.54) is 24.3 Å². The molecule has 0 radical (unpaired) electrons. The average Bonchev–Trinajstić information content (AvgIpc) is 2.82. The quantitative estimate of drug-likeness (QED) is 0.394. The number of carbonyl (C=O) groups excluding carboxylic acids is 2. The van der Waals surface area contributed by atoms with Crippen LogP contribution in [0.5, 0.6) is 0 Å². The number of hydrogen-bond donors (Lipinski definition) is 3. The molecule has 2 aromatic carbocycles. The Morgan fingerprint density at radius 1 is 1.15 bits per heavy atom. The zero-order valence-electron chi connectivity index (χ0n) is 18.8. The average molecular weight is 452 g/mol. The fourth-order valence-electron chi connectivity index (χ4n) is 2.88. The number of rotatable bonds is 12. The second-order valence-corrected chi connectivity index (χ2v) is 7.48. The number of carbonyl (C=O) groups is 2. The first kappa shape index (κ1) is 25.4. The third-order valence-corrected chi connectivity index (χ3v) is 4.93. The number of halogens is 1. The van der Waals surface area contributed by atoms with Crippen LogP contribution >= 0.6 is 0 Å². The maximum atomic E-state index is 13.8. The lowest BCUT2D eigenvalue weighted by molar-refractivity contribution is -0.118. The molecule has 0 unspecified atom stereocenters. The molecule has 33 heavy (non-hydrogen) atoms. The van der Waals surface area contributed by atoms with Crippen molar-refractivity contribution in [1.29, 1.82) is 0 Å². The topological polar surface area (TPSA) is 79.5 Å². The molecule has 0 aliphatic heterocycles. The summed E-state index contributed by atoms with van der Waals surface area (Å²) in [6.07, 6.45) is 3.00. The van der Waals surface area contributed by atoms with Crippen LogP contribution in [0.15, 0.2) is 86.1 Å². The van der Waals surface area contributed by atoms with Crippen molar-refractivity contribution in [2.45, 2.75) is 32.5 Å². The minimum atomic E-state index is -0.592. The summed E-state index contributed by atoms with van der Waals surface area (Å²) in [6.45, 7) is 13.4. The SMILES string of the molecule is C=CC[C@H](NC(=O)OCc1ccccc1)C(=C)NCc1cc(F)ccc1NC(=O)[C@H](C)C=C. The minimum Gasteiger partial charge on any atom is -0.445 e. The van der Waals surface area contributed by atoms with E-state index in [1.807, 2.05) is 30.3 Å². The standard InChI is InChI=1S/C26H30FN3O3/c1-5-10-23(30-26(32)33-17-20-11-8-7-9-12-20)19(4)28-16-21-15-22(27)13-14-24(21)29-25(31)18(3)6-2/h5-9,11-15,18,23,28H,1-2,4,10,16-17H2,3H3,(H,29,31)(H,30,32)/t18-,23+/m1/s1. The molecular formula is C26H30FN3O3. The van der Waals surface area contributed by atoms with Gasteiger partial charge >= 0.3 is 6.09 Å². The maximum absolute atomic E-state index is 13.8. The Morgan fingerprint density at radius 3 is 2.55 bits per heavy atom.